The first kappa shape index (κ1) is 6.34. The fraction of sp³-hybridized carbons (Fsp3) is 0.500. The third kappa shape index (κ3) is 5.34. The lowest BCUT2D eigenvalue weighted by Crippen LogP contribution is -2.06. The van der Waals surface area contributed by atoms with Crippen LogP contribution in [0.4, 0.5) is 12.9 Å². The van der Waals surface area contributed by atoms with E-state index in [1.165, 1.54) is 0 Å². The Kier molecular flexibility index (Phi) is 1.70. The molecule has 0 unspecified atom stereocenters. The van der Waals surface area contributed by atoms with Gasteiger partial charge in [0.2, 0.25) is 0 Å². The minimum Gasteiger partial charge on any atom is -0.363 e. The topological polar surface area (TPSA) is 4.36 Å². The van der Waals surface area contributed by atoms with Crippen molar-refractivity contribution >= 4 is 7.11 Å². The number of halogens is 3. The Morgan fingerprint density at radius 2 is 1.86 bits per heavy atom. The van der Waals surface area contributed by atoms with Gasteiger partial charge in [-0.2, -0.15) is 0 Å². The molecule has 0 atom stereocenters. The van der Waals surface area contributed by atoms with Gasteiger partial charge < -0.3 is 12.9 Å². The van der Waals surface area contributed by atoms with Gasteiger partial charge in [-0.15, -0.1) is 0 Å². The summed E-state index contributed by atoms with van der Waals surface area (Å²) >= 11 is 0. The number of hydrogen-bond donors (Lipinski definition) is 0. The van der Waals surface area contributed by atoms with Gasteiger partial charge in [0, 0.05) is 0 Å². The average Bonchev–Trinajstić information content (AvgIpc) is 1.30. The van der Waals surface area contributed by atoms with Crippen LogP contribution in [0.1, 0.15) is 6.92 Å². The smallest absolute Gasteiger partial charge is 0.363 e. The summed E-state index contributed by atoms with van der Waals surface area (Å²) in [5, 5.41) is 0. The highest BCUT2D eigenvalue weighted by molar-refractivity contribution is 6.62. The standard InChI is InChI=1S/C2H3BF3N/c1-2-7-3(4,5)6/h1H3. The predicted molar refractivity (Wildman–Crippen MR) is 22.0 cm³/mol. The Hall–Kier alpha value is -0.655. The highest BCUT2D eigenvalue weighted by Crippen LogP contribution is 2.07. The molecule has 0 saturated carbocycles. The molecule has 0 aromatic carbocycles. The Morgan fingerprint density at radius 1 is 1.43 bits per heavy atom. The van der Waals surface area contributed by atoms with Gasteiger partial charge in [-0.25, -0.2) is 4.76 Å². The van der Waals surface area contributed by atoms with Crippen molar-refractivity contribution in [3.8, 4) is 6.07 Å². The van der Waals surface area contributed by atoms with Crippen molar-refractivity contribution in [2.24, 2.45) is 0 Å². The summed E-state index contributed by atoms with van der Waals surface area (Å²) in [6.45, 7) is 1.11. The molecule has 0 bridgehead atoms. The van der Waals surface area contributed by atoms with Crippen LogP contribution in [-0.2, 0) is 0 Å². The normalized spacial score (nSPS) is 9.71. The van der Waals surface area contributed by atoms with Gasteiger partial charge in [-0.05, 0) is 0 Å². The Balaban J connectivity index is 3.72. The molecule has 0 radical (unpaired) electrons. The second-order valence-corrected chi connectivity index (χ2v) is 0.893. The molecule has 0 aromatic heterocycles. The van der Waals surface area contributed by atoms with Crippen LogP contribution in [0, 0.1) is 6.07 Å². The molecule has 5 heteroatoms. The van der Waals surface area contributed by atoms with Gasteiger partial charge >= 0.3 is 7.11 Å². The van der Waals surface area contributed by atoms with E-state index < -0.39 is 7.11 Å². The van der Waals surface area contributed by atoms with Crippen molar-refractivity contribution in [1.29, 1.82) is 0 Å². The summed E-state index contributed by atoms with van der Waals surface area (Å²) in [6, 6.07) is 1.64. The van der Waals surface area contributed by atoms with Crippen LogP contribution >= 0.6 is 0 Å². The van der Waals surface area contributed by atoms with Crippen molar-refractivity contribution < 1.29 is 12.9 Å². The van der Waals surface area contributed by atoms with Crippen molar-refractivity contribution in [2.75, 3.05) is 0 Å². The highest BCUT2D eigenvalue weighted by atomic mass is 19.4. The van der Waals surface area contributed by atoms with E-state index in [2.05, 4.69) is 4.76 Å². The minimum absolute atomic E-state index is 1.11. The van der Waals surface area contributed by atoms with Crippen molar-refractivity contribution in [1.82, 2.24) is 0 Å². The molecule has 0 amide bonds. The van der Waals surface area contributed by atoms with E-state index in [0.29, 0.717) is 0 Å². The molecule has 0 heterocycles. The van der Waals surface area contributed by atoms with Gasteiger partial charge in [0.1, 0.15) is 0 Å². The third-order valence-corrected chi connectivity index (χ3v) is 0.275. The van der Waals surface area contributed by atoms with Crippen molar-refractivity contribution in [3.63, 3.8) is 0 Å². The predicted octanol–water partition coefficient (Wildman–Crippen LogP) is 1.68. The van der Waals surface area contributed by atoms with Gasteiger partial charge in [0.25, 0.3) is 0 Å². The molecule has 0 spiro atoms. The zero-order valence-electron chi connectivity index (χ0n) is 3.66. The number of nitrogens with zero attached hydrogens (tertiary/aromatic N) is 1. The Bertz CT molecular complexity index is 106. The van der Waals surface area contributed by atoms with E-state index >= 15 is 0 Å². The first-order chi connectivity index (χ1) is 3.06. The first-order valence-electron chi connectivity index (χ1n) is 1.64. The quantitative estimate of drug-likeness (QED) is 0.416. The molecular weight excluding hydrogens is 106 g/mol. The fourth-order valence-corrected chi connectivity index (χ4v) is 0.146. The molecule has 0 fully saturated rings. The van der Waals surface area contributed by atoms with Crippen molar-refractivity contribution in [3.05, 3.63) is 4.76 Å². The molecule has 40 valence electrons. The minimum atomic E-state index is -4.98. The lowest BCUT2D eigenvalue weighted by atomic mass is 10.2. The van der Waals surface area contributed by atoms with Crippen LogP contribution in [0.5, 0.6) is 0 Å². The van der Waals surface area contributed by atoms with Crippen LogP contribution in [-0.4, -0.2) is 7.11 Å². The average molecular weight is 109 g/mol. The summed E-state index contributed by atoms with van der Waals surface area (Å²) in [4.78, 5) is 0. The largest absolute Gasteiger partial charge is 0.930 e. The highest BCUT2D eigenvalue weighted by Gasteiger charge is 2.42. The van der Waals surface area contributed by atoms with Crippen LogP contribution < -0.4 is 0 Å². The molecule has 0 rings (SSSR count). The zero-order chi connectivity index (χ0) is 5.91. The number of rotatable bonds is 0. The van der Waals surface area contributed by atoms with E-state index in [-0.39, 0.29) is 0 Å². The van der Waals surface area contributed by atoms with Crippen LogP contribution in [0.3, 0.4) is 0 Å². The molecule has 1 nitrogen and oxygen atoms in total. The van der Waals surface area contributed by atoms with Gasteiger partial charge in [-0.1, -0.05) is 0 Å². The van der Waals surface area contributed by atoms with E-state index in [1.54, 1.807) is 6.07 Å². The Labute approximate surface area is 39.0 Å². The number of hydrogen-bond acceptors (Lipinski definition) is 0. The lowest BCUT2D eigenvalue weighted by molar-refractivity contribution is 0.497. The van der Waals surface area contributed by atoms with Crippen molar-refractivity contribution in [2.45, 2.75) is 6.92 Å². The van der Waals surface area contributed by atoms with E-state index in [9.17, 15) is 12.9 Å². The fourth-order valence-electron chi connectivity index (χ4n) is 0.146. The summed E-state index contributed by atoms with van der Waals surface area (Å²) in [6.07, 6.45) is 0. The van der Waals surface area contributed by atoms with Gasteiger partial charge in [-0.3, -0.25) is 0 Å². The van der Waals surface area contributed by atoms with E-state index in [0.717, 1.165) is 6.92 Å². The molecule has 0 aliphatic heterocycles. The summed E-state index contributed by atoms with van der Waals surface area (Å²) in [5.41, 5.74) is 0. The SMILES string of the molecule is CC#[N+][B-](F)(F)F. The summed E-state index contributed by atoms with van der Waals surface area (Å²) in [7, 11) is -4.98. The Morgan fingerprint density at radius 3 is 1.86 bits per heavy atom. The second-order valence-electron chi connectivity index (χ2n) is 0.893. The molecule has 0 saturated heterocycles. The molecule has 0 aliphatic carbocycles. The summed E-state index contributed by atoms with van der Waals surface area (Å²) in [5.74, 6) is 0. The molecule has 0 aromatic rings. The maximum absolute atomic E-state index is 10.9. The van der Waals surface area contributed by atoms with Crippen LogP contribution in [0.25, 0.3) is 4.76 Å². The maximum Gasteiger partial charge on any atom is 0.930 e. The second kappa shape index (κ2) is 1.87. The van der Waals surface area contributed by atoms with Gasteiger partial charge in [0.15, 0.2) is 6.07 Å². The lowest BCUT2D eigenvalue weighted by Gasteiger charge is -1.83. The summed E-state index contributed by atoms with van der Waals surface area (Å²) < 4.78 is 34.7. The third-order valence-electron chi connectivity index (χ3n) is 0.275. The van der Waals surface area contributed by atoms with Crippen LogP contribution in [0.15, 0.2) is 0 Å². The van der Waals surface area contributed by atoms with Gasteiger partial charge in [0.05, 0.1) is 6.92 Å². The van der Waals surface area contributed by atoms with E-state index in [1.807, 2.05) is 0 Å². The first-order valence-corrected chi connectivity index (χ1v) is 1.64. The van der Waals surface area contributed by atoms with Crippen LogP contribution in [0.2, 0.25) is 0 Å². The molecule has 0 aliphatic rings. The molecule has 7 heavy (non-hydrogen) atoms. The molecular formula is C2H3BF3N. The monoisotopic (exact) mass is 109 g/mol. The zero-order valence-corrected chi connectivity index (χ0v) is 3.66. The van der Waals surface area contributed by atoms with E-state index in [4.69, 9.17) is 0 Å². The molecule has 0 N–H and O–H groups in total. The maximum atomic E-state index is 10.9.